The summed E-state index contributed by atoms with van der Waals surface area (Å²) in [6.07, 6.45) is 7.27. The quantitative estimate of drug-likeness (QED) is 0.267. The van der Waals surface area contributed by atoms with Crippen molar-refractivity contribution >= 4 is 29.2 Å². The van der Waals surface area contributed by atoms with Gasteiger partial charge in [-0.1, -0.05) is 37.5 Å². The van der Waals surface area contributed by atoms with Gasteiger partial charge in [-0.05, 0) is 80.3 Å². The molecule has 222 valence electrons. The van der Waals surface area contributed by atoms with Gasteiger partial charge in [0.2, 0.25) is 17.7 Å². The summed E-state index contributed by atoms with van der Waals surface area (Å²) in [5, 5.41) is 5.98. The molecule has 1 fully saturated rings. The zero-order valence-electron chi connectivity index (χ0n) is 24.4. The van der Waals surface area contributed by atoms with Gasteiger partial charge in [0.15, 0.2) is 0 Å². The van der Waals surface area contributed by atoms with Crippen molar-refractivity contribution in [3.63, 3.8) is 0 Å². The van der Waals surface area contributed by atoms with Crippen LogP contribution in [0.4, 0.5) is 11.5 Å². The predicted molar refractivity (Wildman–Crippen MR) is 163 cm³/mol. The summed E-state index contributed by atoms with van der Waals surface area (Å²) < 4.78 is 11.0. The second-order valence-electron chi connectivity index (χ2n) is 10.3. The van der Waals surface area contributed by atoms with Crippen LogP contribution in [0.15, 0.2) is 72.9 Å². The lowest BCUT2D eigenvalue weighted by Crippen LogP contribution is -2.47. The van der Waals surface area contributed by atoms with Crippen LogP contribution >= 0.6 is 0 Å². The Labute approximate surface area is 247 Å². The van der Waals surface area contributed by atoms with Crippen LogP contribution in [0, 0.1) is 0 Å². The van der Waals surface area contributed by atoms with E-state index in [1.165, 1.54) is 6.42 Å². The minimum atomic E-state index is -0.911. The van der Waals surface area contributed by atoms with E-state index >= 15 is 0 Å². The van der Waals surface area contributed by atoms with E-state index in [1.54, 1.807) is 60.7 Å². The zero-order chi connectivity index (χ0) is 29.7. The number of carbonyl (C=O) groups is 3. The van der Waals surface area contributed by atoms with Gasteiger partial charge in [-0.15, -0.1) is 0 Å². The van der Waals surface area contributed by atoms with E-state index < -0.39 is 6.04 Å². The summed E-state index contributed by atoms with van der Waals surface area (Å²) in [6, 6.07) is 18.8. The zero-order valence-corrected chi connectivity index (χ0v) is 24.4. The lowest BCUT2D eigenvalue weighted by Gasteiger charge is -2.33. The number of methoxy groups -OCH3 is 1. The SMILES string of the molecule is CCOc1ccc([C@@H](C(=O)NC2CCCCC2)N(C(=O)CCCC(=O)Nc2ccccn2)c2ccc(OC)cc2)cc1. The predicted octanol–water partition coefficient (Wildman–Crippen LogP) is 5.82. The number of carbonyl (C=O) groups excluding carboxylic acids is 3. The number of anilines is 2. The summed E-state index contributed by atoms with van der Waals surface area (Å²) in [5.41, 5.74) is 1.24. The van der Waals surface area contributed by atoms with Crippen molar-refractivity contribution in [2.24, 2.45) is 0 Å². The highest BCUT2D eigenvalue weighted by Gasteiger charge is 2.34. The van der Waals surface area contributed by atoms with E-state index in [0.29, 0.717) is 41.6 Å². The third kappa shape index (κ3) is 8.55. The van der Waals surface area contributed by atoms with Crippen molar-refractivity contribution in [1.82, 2.24) is 10.3 Å². The number of amides is 3. The van der Waals surface area contributed by atoms with Crippen LogP contribution in [-0.2, 0) is 14.4 Å². The first kappa shape index (κ1) is 30.6. The first-order chi connectivity index (χ1) is 20.5. The molecule has 0 saturated heterocycles. The largest absolute Gasteiger partial charge is 0.497 e. The Kier molecular flexibility index (Phi) is 11.3. The molecule has 1 aromatic heterocycles. The highest BCUT2D eigenvalue weighted by Crippen LogP contribution is 2.32. The van der Waals surface area contributed by atoms with E-state index in [9.17, 15) is 14.4 Å². The van der Waals surface area contributed by atoms with Crippen LogP contribution in [0.2, 0.25) is 0 Å². The van der Waals surface area contributed by atoms with Crippen molar-refractivity contribution in [2.75, 3.05) is 23.9 Å². The van der Waals surface area contributed by atoms with E-state index in [4.69, 9.17) is 9.47 Å². The minimum absolute atomic E-state index is 0.0690. The number of hydrogen-bond acceptors (Lipinski definition) is 6. The first-order valence-electron chi connectivity index (χ1n) is 14.7. The Hall–Kier alpha value is -4.40. The molecule has 1 atom stereocenters. The second kappa shape index (κ2) is 15.6. The number of aromatic nitrogens is 1. The summed E-state index contributed by atoms with van der Waals surface area (Å²) in [6.45, 7) is 2.43. The molecule has 4 rings (SSSR count). The molecule has 3 amide bonds. The highest BCUT2D eigenvalue weighted by molar-refractivity contribution is 6.01. The van der Waals surface area contributed by atoms with Crippen LogP contribution in [-0.4, -0.2) is 42.5 Å². The third-order valence-electron chi connectivity index (χ3n) is 7.31. The number of ether oxygens (including phenoxy) is 2. The second-order valence-corrected chi connectivity index (χ2v) is 10.3. The summed E-state index contributed by atoms with van der Waals surface area (Å²) in [5.74, 6) is 1.07. The topological polar surface area (TPSA) is 110 Å². The minimum Gasteiger partial charge on any atom is -0.497 e. The third-order valence-corrected chi connectivity index (χ3v) is 7.31. The van der Waals surface area contributed by atoms with Crippen LogP contribution in [0.5, 0.6) is 11.5 Å². The average Bonchev–Trinajstić information content (AvgIpc) is 3.01. The molecule has 0 bridgehead atoms. The van der Waals surface area contributed by atoms with E-state index in [1.807, 2.05) is 31.2 Å². The molecule has 1 heterocycles. The summed E-state index contributed by atoms with van der Waals surface area (Å²) in [4.78, 5) is 46.2. The first-order valence-corrected chi connectivity index (χ1v) is 14.7. The molecule has 0 spiro atoms. The van der Waals surface area contributed by atoms with Gasteiger partial charge in [-0.2, -0.15) is 0 Å². The van der Waals surface area contributed by atoms with Crippen LogP contribution in [0.3, 0.4) is 0 Å². The lowest BCUT2D eigenvalue weighted by molar-refractivity contribution is -0.127. The van der Waals surface area contributed by atoms with Crippen molar-refractivity contribution in [3.8, 4) is 11.5 Å². The number of pyridine rings is 1. The summed E-state index contributed by atoms with van der Waals surface area (Å²) >= 11 is 0. The molecule has 0 aliphatic heterocycles. The van der Waals surface area contributed by atoms with Crippen molar-refractivity contribution < 1.29 is 23.9 Å². The maximum Gasteiger partial charge on any atom is 0.248 e. The number of hydrogen-bond donors (Lipinski definition) is 2. The number of benzene rings is 2. The monoisotopic (exact) mass is 572 g/mol. The van der Waals surface area contributed by atoms with Gasteiger partial charge >= 0.3 is 0 Å². The van der Waals surface area contributed by atoms with Gasteiger partial charge in [0.25, 0.3) is 0 Å². The fourth-order valence-corrected chi connectivity index (χ4v) is 5.20. The fourth-order valence-electron chi connectivity index (χ4n) is 5.20. The average molecular weight is 573 g/mol. The van der Waals surface area contributed by atoms with Crippen LogP contribution < -0.4 is 25.0 Å². The molecule has 0 radical (unpaired) electrons. The Morgan fingerprint density at radius 1 is 0.929 bits per heavy atom. The molecule has 1 aliphatic rings. The summed E-state index contributed by atoms with van der Waals surface area (Å²) in [7, 11) is 1.58. The van der Waals surface area contributed by atoms with Gasteiger partial charge in [-0.25, -0.2) is 4.98 Å². The van der Waals surface area contributed by atoms with E-state index in [0.717, 1.165) is 25.7 Å². The Morgan fingerprint density at radius 3 is 2.29 bits per heavy atom. The molecule has 2 aromatic carbocycles. The number of nitrogens with one attached hydrogen (secondary N) is 2. The number of nitrogens with zero attached hydrogens (tertiary/aromatic N) is 2. The van der Waals surface area contributed by atoms with Crippen molar-refractivity contribution in [3.05, 3.63) is 78.5 Å². The Bertz CT molecular complexity index is 1290. The maximum atomic E-state index is 14.0. The Balaban J connectivity index is 1.60. The fraction of sp³-hybridized carbons (Fsp3) is 0.394. The molecule has 9 heteroatoms. The van der Waals surface area contributed by atoms with Gasteiger partial charge in [0.05, 0.1) is 13.7 Å². The van der Waals surface area contributed by atoms with Gasteiger partial charge in [0, 0.05) is 30.8 Å². The Morgan fingerprint density at radius 2 is 1.64 bits per heavy atom. The van der Waals surface area contributed by atoms with Crippen LogP contribution in [0.1, 0.15) is 69.9 Å². The maximum absolute atomic E-state index is 14.0. The normalized spacial score (nSPS) is 14.0. The molecular formula is C33H40N4O5. The molecule has 0 unspecified atom stereocenters. The standard InChI is InChI=1S/C33H40N4O5/c1-3-42-28-19-15-24(16-20-28)32(33(40)35-25-10-5-4-6-11-25)37(26-17-21-27(41-2)22-18-26)31(39)14-9-13-30(38)36-29-12-7-8-23-34-29/h7-8,12,15-23,25,32H,3-6,9-11,13-14H2,1-2H3,(H,35,40)(H,34,36,38)/t32-/m0/s1. The van der Waals surface area contributed by atoms with Gasteiger partial charge < -0.3 is 20.1 Å². The molecule has 9 nitrogen and oxygen atoms in total. The highest BCUT2D eigenvalue weighted by atomic mass is 16.5. The number of rotatable bonds is 13. The molecule has 2 N–H and O–H groups in total. The van der Waals surface area contributed by atoms with Crippen LogP contribution in [0.25, 0.3) is 0 Å². The molecule has 42 heavy (non-hydrogen) atoms. The van der Waals surface area contributed by atoms with Crippen molar-refractivity contribution in [2.45, 2.75) is 70.4 Å². The van der Waals surface area contributed by atoms with Gasteiger partial charge in [-0.3, -0.25) is 19.3 Å². The van der Waals surface area contributed by atoms with E-state index in [2.05, 4.69) is 15.6 Å². The molecule has 3 aromatic rings. The van der Waals surface area contributed by atoms with Crippen molar-refractivity contribution in [1.29, 1.82) is 0 Å². The lowest BCUT2D eigenvalue weighted by atomic mass is 9.94. The van der Waals surface area contributed by atoms with E-state index in [-0.39, 0.29) is 36.6 Å². The molecule has 1 saturated carbocycles. The smallest absolute Gasteiger partial charge is 0.248 e. The molecular weight excluding hydrogens is 532 g/mol. The van der Waals surface area contributed by atoms with Gasteiger partial charge in [0.1, 0.15) is 23.4 Å². The molecule has 1 aliphatic carbocycles.